The quantitative estimate of drug-likeness (QED) is 0.788. The Morgan fingerprint density at radius 1 is 1.23 bits per heavy atom. The van der Waals surface area contributed by atoms with Gasteiger partial charge in [-0.2, -0.15) is 0 Å². The molecule has 0 bridgehead atoms. The second kappa shape index (κ2) is 6.02. The molecule has 2 heterocycles. The second-order valence-electron chi connectivity index (χ2n) is 6.80. The normalized spacial score (nSPS) is 13.3. The van der Waals surface area contributed by atoms with E-state index in [-0.39, 0.29) is 11.7 Å². The zero-order valence-electron chi connectivity index (χ0n) is 15.0. The van der Waals surface area contributed by atoms with E-state index >= 15 is 0 Å². The van der Waals surface area contributed by atoms with Crippen LogP contribution in [0.25, 0.3) is 10.9 Å². The first-order chi connectivity index (χ1) is 12.5. The topological polar surface area (TPSA) is 62.7 Å². The van der Waals surface area contributed by atoms with Crippen LogP contribution in [0.3, 0.4) is 0 Å². The Labute approximate surface area is 151 Å². The number of rotatable bonds is 3. The molecule has 0 saturated carbocycles. The molecule has 0 aliphatic carbocycles. The van der Waals surface area contributed by atoms with Gasteiger partial charge in [-0.1, -0.05) is 29.8 Å². The van der Waals surface area contributed by atoms with Crippen LogP contribution in [0, 0.1) is 6.92 Å². The van der Waals surface area contributed by atoms with Crippen LogP contribution in [0.4, 0.5) is 0 Å². The number of hydrogen-bond acceptors (Lipinski definition) is 4. The Kier molecular flexibility index (Phi) is 3.80. The van der Waals surface area contributed by atoms with Crippen LogP contribution in [0.1, 0.15) is 32.6 Å². The number of phenols is 1. The van der Waals surface area contributed by atoms with Crippen LogP contribution in [-0.2, 0) is 13.0 Å². The molecule has 0 radical (unpaired) electrons. The molecule has 5 heteroatoms. The first-order valence-electron chi connectivity index (χ1n) is 8.51. The van der Waals surface area contributed by atoms with Crippen LogP contribution in [0.5, 0.6) is 11.5 Å². The van der Waals surface area contributed by atoms with Gasteiger partial charge in [-0.15, -0.1) is 0 Å². The van der Waals surface area contributed by atoms with Crippen molar-refractivity contribution in [3.8, 4) is 11.5 Å². The van der Waals surface area contributed by atoms with Gasteiger partial charge in [-0.05, 0) is 30.5 Å². The molecule has 0 unspecified atom stereocenters. The number of aromatic hydroxyl groups is 1. The fourth-order valence-electron chi connectivity index (χ4n) is 3.56. The highest BCUT2D eigenvalue weighted by Crippen LogP contribution is 2.43. The van der Waals surface area contributed by atoms with Crippen molar-refractivity contribution >= 4 is 16.8 Å². The van der Waals surface area contributed by atoms with Gasteiger partial charge in [0.05, 0.1) is 19.2 Å². The molecule has 1 N–H and O–H groups in total. The number of phenolic OH excluding ortho intramolecular Hbond substituents is 1. The average molecular weight is 348 g/mol. The number of benzene rings is 2. The van der Waals surface area contributed by atoms with Gasteiger partial charge >= 0.3 is 0 Å². The molecule has 0 spiro atoms. The van der Waals surface area contributed by atoms with Crippen molar-refractivity contribution in [3.05, 3.63) is 64.3 Å². The lowest BCUT2D eigenvalue weighted by Crippen LogP contribution is -2.17. The minimum Gasteiger partial charge on any atom is -0.505 e. The van der Waals surface area contributed by atoms with Gasteiger partial charge in [-0.3, -0.25) is 9.78 Å². The number of carbonyl (C=O) groups is 1. The number of methoxy groups -OCH3 is 1. The van der Waals surface area contributed by atoms with E-state index in [1.807, 2.05) is 6.07 Å². The summed E-state index contributed by atoms with van der Waals surface area (Å²) in [5, 5.41) is 11.4. The maximum atomic E-state index is 12.3. The maximum absolute atomic E-state index is 12.3. The highest BCUT2D eigenvalue weighted by Gasteiger charge is 2.33. The van der Waals surface area contributed by atoms with E-state index in [0.29, 0.717) is 23.4 Å². The zero-order valence-corrected chi connectivity index (χ0v) is 15.0. The number of amides is 1. The van der Waals surface area contributed by atoms with Crippen molar-refractivity contribution in [2.45, 2.75) is 19.9 Å². The third-order valence-electron chi connectivity index (χ3n) is 4.91. The molecule has 2 aromatic carbocycles. The Hall–Kier alpha value is -3.08. The number of ether oxygens (including phenoxy) is 1. The number of hydrogen-bond donors (Lipinski definition) is 1. The van der Waals surface area contributed by atoms with Crippen molar-refractivity contribution in [1.82, 2.24) is 9.88 Å². The van der Waals surface area contributed by atoms with Crippen LogP contribution in [0.2, 0.25) is 0 Å². The standard InChI is InChI=1S/C21H20N2O3/c1-12-4-6-13(7-5-12)8-14-9-15-18(22-10-14)19(24)17-16(20(15)26-3)11-23(2)21(17)25/h4-7,9-10,24H,8,11H2,1-3H3. The van der Waals surface area contributed by atoms with Gasteiger partial charge in [0.25, 0.3) is 5.91 Å². The maximum Gasteiger partial charge on any atom is 0.258 e. The molecular weight excluding hydrogens is 328 g/mol. The number of aromatic nitrogens is 1. The molecule has 5 nitrogen and oxygen atoms in total. The van der Waals surface area contributed by atoms with Crippen molar-refractivity contribution in [2.75, 3.05) is 14.2 Å². The Bertz CT molecular complexity index is 1030. The number of aryl methyl sites for hydroxylation is 1. The monoisotopic (exact) mass is 348 g/mol. The number of carbonyl (C=O) groups excluding carboxylic acids is 1. The predicted molar refractivity (Wildman–Crippen MR) is 99.7 cm³/mol. The third kappa shape index (κ3) is 2.47. The molecule has 1 amide bonds. The number of pyridine rings is 1. The fourth-order valence-corrected chi connectivity index (χ4v) is 3.56. The summed E-state index contributed by atoms with van der Waals surface area (Å²) in [6.07, 6.45) is 2.49. The molecule has 3 aromatic rings. The lowest BCUT2D eigenvalue weighted by molar-refractivity contribution is 0.0814. The highest BCUT2D eigenvalue weighted by atomic mass is 16.5. The van der Waals surface area contributed by atoms with Crippen LogP contribution in [-0.4, -0.2) is 35.1 Å². The van der Waals surface area contributed by atoms with E-state index in [1.54, 1.807) is 25.3 Å². The van der Waals surface area contributed by atoms with E-state index in [9.17, 15) is 9.90 Å². The molecule has 1 aromatic heterocycles. The van der Waals surface area contributed by atoms with Gasteiger partial charge in [0.1, 0.15) is 11.3 Å². The van der Waals surface area contributed by atoms with Gasteiger partial charge < -0.3 is 14.7 Å². The van der Waals surface area contributed by atoms with Crippen LogP contribution in [0.15, 0.2) is 36.5 Å². The van der Waals surface area contributed by atoms with Gasteiger partial charge in [0.15, 0.2) is 5.75 Å². The first-order valence-corrected chi connectivity index (χ1v) is 8.51. The molecule has 1 aliphatic rings. The van der Waals surface area contributed by atoms with Crippen LogP contribution < -0.4 is 4.74 Å². The Morgan fingerprint density at radius 2 is 1.96 bits per heavy atom. The lowest BCUT2D eigenvalue weighted by Gasteiger charge is -2.13. The molecule has 4 rings (SSSR count). The minimum absolute atomic E-state index is 0.0629. The molecular formula is C21H20N2O3. The largest absolute Gasteiger partial charge is 0.505 e. The van der Waals surface area contributed by atoms with Gasteiger partial charge in [0.2, 0.25) is 0 Å². The molecule has 1 aliphatic heterocycles. The SMILES string of the molecule is COc1c2c(c(O)c3ncc(Cc4ccc(C)cc4)cc13)C(=O)N(C)C2. The zero-order chi connectivity index (χ0) is 18.4. The van der Waals surface area contributed by atoms with E-state index in [0.717, 1.165) is 22.9 Å². The summed E-state index contributed by atoms with van der Waals surface area (Å²) >= 11 is 0. The molecule has 0 fully saturated rings. The summed E-state index contributed by atoms with van der Waals surface area (Å²) in [4.78, 5) is 18.4. The summed E-state index contributed by atoms with van der Waals surface area (Å²) in [6, 6.07) is 10.4. The van der Waals surface area contributed by atoms with Crippen molar-refractivity contribution in [2.24, 2.45) is 0 Å². The molecule has 0 atom stereocenters. The fraction of sp³-hybridized carbons (Fsp3) is 0.238. The van der Waals surface area contributed by atoms with Crippen molar-refractivity contribution in [1.29, 1.82) is 0 Å². The van der Waals surface area contributed by atoms with Crippen LogP contribution >= 0.6 is 0 Å². The summed E-state index contributed by atoms with van der Waals surface area (Å²) in [5.74, 6) is 0.346. The first kappa shape index (κ1) is 16.4. The lowest BCUT2D eigenvalue weighted by atomic mass is 9.99. The summed E-state index contributed by atoms with van der Waals surface area (Å²) in [6.45, 7) is 2.48. The Morgan fingerprint density at radius 3 is 2.65 bits per heavy atom. The van der Waals surface area contributed by atoms with Crippen molar-refractivity contribution in [3.63, 3.8) is 0 Å². The Balaban J connectivity index is 1.86. The number of fused-ring (bicyclic) bond motifs is 2. The van der Waals surface area contributed by atoms with E-state index in [2.05, 4.69) is 36.2 Å². The molecule has 132 valence electrons. The minimum atomic E-state index is -0.205. The summed E-state index contributed by atoms with van der Waals surface area (Å²) < 4.78 is 5.61. The van der Waals surface area contributed by atoms with E-state index < -0.39 is 0 Å². The van der Waals surface area contributed by atoms with Gasteiger partial charge in [0, 0.05) is 24.2 Å². The highest BCUT2D eigenvalue weighted by molar-refractivity contribution is 6.08. The summed E-state index contributed by atoms with van der Waals surface area (Å²) in [5.41, 5.74) is 4.86. The van der Waals surface area contributed by atoms with E-state index in [4.69, 9.17) is 4.74 Å². The van der Waals surface area contributed by atoms with E-state index in [1.165, 1.54) is 11.1 Å². The van der Waals surface area contributed by atoms with Gasteiger partial charge in [-0.25, -0.2) is 0 Å². The predicted octanol–water partition coefficient (Wildman–Crippen LogP) is 3.43. The van der Waals surface area contributed by atoms with Crippen molar-refractivity contribution < 1.29 is 14.6 Å². The molecule has 26 heavy (non-hydrogen) atoms. The second-order valence-corrected chi connectivity index (χ2v) is 6.80. The summed E-state index contributed by atoms with van der Waals surface area (Å²) in [7, 11) is 3.30. The molecule has 0 saturated heterocycles. The third-order valence-corrected chi connectivity index (χ3v) is 4.91. The average Bonchev–Trinajstić information content (AvgIpc) is 2.92. The smallest absolute Gasteiger partial charge is 0.258 e. The number of nitrogens with zero attached hydrogens (tertiary/aromatic N) is 2.